The van der Waals surface area contributed by atoms with E-state index in [9.17, 15) is 0 Å². The first-order valence-electron chi connectivity index (χ1n) is 10.8. The zero-order valence-electron chi connectivity index (χ0n) is 18.6. The highest BCUT2D eigenvalue weighted by molar-refractivity contribution is 7.19. The molecule has 3 aromatic heterocycles. The number of aryl methyl sites for hydroxylation is 1. The maximum atomic E-state index is 6.32. The van der Waals surface area contributed by atoms with Gasteiger partial charge in [0.2, 0.25) is 11.9 Å². The van der Waals surface area contributed by atoms with Gasteiger partial charge >= 0.3 is 0 Å². The molecule has 3 N–H and O–H groups in total. The number of benzene rings is 3. The lowest BCUT2D eigenvalue weighted by Gasteiger charge is -2.14. The molecule has 0 amide bonds. The summed E-state index contributed by atoms with van der Waals surface area (Å²) in [6.45, 7) is 2.59. The number of hydrogen-bond donors (Lipinski definition) is 2. The summed E-state index contributed by atoms with van der Waals surface area (Å²) in [5.74, 6) is 2.06. The van der Waals surface area contributed by atoms with Gasteiger partial charge in [0.1, 0.15) is 17.1 Å². The Kier molecular flexibility index (Phi) is 4.77. The van der Waals surface area contributed by atoms with Crippen LogP contribution in [0.3, 0.4) is 0 Å². The van der Waals surface area contributed by atoms with Gasteiger partial charge in [-0.15, -0.1) is 11.3 Å². The molecule has 9 heteroatoms. The lowest BCUT2D eigenvalue weighted by atomic mass is 10.2. The molecule has 0 bridgehead atoms. The van der Waals surface area contributed by atoms with E-state index >= 15 is 0 Å². The molecule has 34 heavy (non-hydrogen) atoms. The van der Waals surface area contributed by atoms with Crippen LogP contribution < -0.4 is 15.8 Å². The molecular weight excluding hydrogens is 446 g/mol. The molecule has 6 aromatic rings. The van der Waals surface area contributed by atoms with Crippen LogP contribution in [-0.4, -0.2) is 31.6 Å². The summed E-state index contributed by atoms with van der Waals surface area (Å²) in [7, 11) is 1.64. The largest absolute Gasteiger partial charge is 0.494 e. The Hall–Kier alpha value is -4.24. The van der Waals surface area contributed by atoms with Crippen LogP contribution in [0.15, 0.2) is 60.7 Å². The van der Waals surface area contributed by atoms with Crippen molar-refractivity contribution in [3.63, 3.8) is 0 Å². The summed E-state index contributed by atoms with van der Waals surface area (Å²) < 4.78 is 8.52. The average Bonchev–Trinajstić information content (AvgIpc) is 3.40. The van der Waals surface area contributed by atoms with Gasteiger partial charge in [0.15, 0.2) is 0 Å². The molecule has 0 spiro atoms. The van der Waals surface area contributed by atoms with Gasteiger partial charge in [-0.3, -0.25) is 0 Å². The molecule has 0 aliphatic rings. The zero-order chi connectivity index (χ0) is 23.2. The number of nitrogens with two attached hydrogens (primary N) is 1. The number of nitrogens with one attached hydrogen (secondary N) is 1. The minimum Gasteiger partial charge on any atom is -0.494 e. The predicted octanol–water partition coefficient (Wildman–Crippen LogP) is 5.09. The normalized spacial score (nSPS) is 11.5. The second-order valence-electron chi connectivity index (χ2n) is 7.89. The van der Waals surface area contributed by atoms with Crippen LogP contribution in [0.4, 0.5) is 11.8 Å². The average molecular weight is 468 g/mol. The Bertz CT molecular complexity index is 1670. The number of rotatable bonds is 5. The van der Waals surface area contributed by atoms with Gasteiger partial charge in [0.25, 0.3) is 0 Å². The number of thiazole rings is 1. The summed E-state index contributed by atoms with van der Waals surface area (Å²) >= 11 is 1.62. The number of nitrogens with zero attached hydrogens (tertiary/aromatic N) is 5. The third kappa shape index (κ3) is 3.29. The van der Waals surface area contributed by atoms with Crippen LogP contribution in [0.1, 0.15) is 10.6 Å². The fourth-order valence-corrected chi connectivity index (χ4v) is 5.12. The maximum Gasteiger partial charge on any atom is 0.239 e. The van der Waals surface area contributed by atoms with Crippen LogP contribution in [-0.2, 0) is 6.54 Å². The number of anilines is 2. The van der Waals surface area contributed by atoms with Crippen molar-refractivity contribution < 1.29 is 4.74 Å². The first-order chi connectivity index (χ1) is 16.6. The molecular formula is C25H21N7OS. The molecule has 0 aliphatic carbocycles. The quantitative estimate of drug-likeness (QED) is 0.364. The van der Waals surface area contributed by atoms with Crippen LogP contribution in [0.2, 0.25) is 0 Å². The minimum atomic E-state index is 0.322. The van der Waals surface area contributed by atoms with E-state index in [1.165, 1.54) is 0 Å². The first kappa shape index (κ1) is 20.4. The molecule has 0 radical (unpaired) electrons. The van der Waals surface area contributed by atoms with Gasteiger partial charge in [-0.2, -0.15) is 4.98 Å². The fraction of sp³-hybridized carbons (Fsp3) is 0.120. The van der Waals surface area contributed by atoms with Crippen molar-refractivity contribution in [2.75, 3.05) is 18.2 Å². The highest BCUT2D eigenvalue weighted by Gasteiger charge is 2.21. The lowest BCUT2D eigenvalue weighted by Crippen LogP contribution is -2.10. The summed E-state index contributed by atoms with van der Waals surface area (Å²) in [4.78, 5) is 19.0. The molecule has 3 aromatic carbocycles. The van der Waals surface area contributed by atoms with Crippen molar-refractivity contribution in [2.24, 2.45) is 0 Å². The Morgan fingerprint density at radius 3 is 2.59 bits per heavy atom. The maximum absolute atomic E-state index is 6.32. The predicted molar refractivity (Wildman–Crippen MR) is 137 cm³/mol. The van der Waals surface area contributed by atoms with E-state index in [1.807, 2.05) is 55.5 Å². The SMILES string of the molecule is COc1cc2nc(C)sc2c2c(NCc3ccccc3)nc(-n3c(N)nc4ccccc43)nc12. The molecule has 8 nitrogen and oxygen atoms in total. The van der Waals surface area contributed by atoms with Crippen molar-refractivity contribution >= 4 is 55.3 Å². The van der Waals surface area contributed by atoms with E-state index in [-0.39, 0.29) is 0 Å². The smallest absolute Gasteiger partial charge is 0.239 e. The van der Waals surface area contributed by atoms with Crippen molar-refractivity contribution in [1.29, 1.82) is 0 Å². The van der Waals surface area contributed by atoms with E-state index in [2.05, 4.69) is 27.4 Å². The minimum absolute atomic E-state index is 0.322. The number of imidazole rings is 1. The Morgan fingerprint density at radius 2 is 1.76 bits per heavy atom. The van der Waals surface area contributed by atoms with Crippen molar-refractivity contribution in [2.45, 2.75) is 13.5 Å². The van der Waals surface area contributed by atoms with Crippen molar-refractivity contribution in [1.82, 2.24) is 24.5 Å². The summed E-state index contributed by atoms with van der Waals surface area (Å²) in [5, 5.41) is 5.37. The third-order valence-corrected chi connectivity index (χ3v) is 6.70. The van der Waals surface area contributed by atoms with Crippen LogP contribution in [0, 0.1) is 6.92 Å². The van der Waals surface area contributed by atoms with E-state index in [0.717, 1.165) is 37.2 Å². The highest BCUT2D eigenvalue weighted by atomic mass is 32.1. The van der Waals surface area contributed by atoms with E-state index in [4.69, 9.17) is 20.4 Å². The summed E-state index contributed by atoms with van der Waals surface area (Å²) in [5.41, 5.74) is 10.6. The topological polar surface area (TPSA) is 104 Å². The standard InChI is InChI=1S/C25H21N7OS/c1-14-28-17-12-19(33-2)21-20(22(17)34-14)23(27-13-15-8-4-3-5-9-15)31-25(30-21)32-18-11-7-6-10-16(18)29-24(32)26/h3-12H,13H2,1-2H3,(H2,26,29)(H,27,30,31). The monoisotopic (exact) mass is 467 g/mol. The van der Waals surface area contributed by atoms with Crippen molar-refractivity contribution in [3.8, 4) is 11.7 Å². The number of nitrogen functional groups attached to an aromatic ring is 1. The van der Waals surface area contributed by atoms with E-state index in [0.29, 0.717) is 35.5 Å². The molecule has 0 fully saturated rings. The highest BCUT2D eigenvalue weighted by Crippen LogP contribution is 2.39. The number of ether oxygens (including phenoxy) is 1. The second kappa shape index (κ2) is 7.96. The summed E-state index contributed by atoms with van der Waals surface area (Å²) in [6.07, 6.45) is 0. The van der Waals surface area contributed by atoms with Gasteiger partial charge in [-0.1, -0.05) is 42.5 Å². The fourth-order valence-electron chi connectivity index (χ4n) is 4.17. The van der Waals surface area contributed by atoms with Crippen LogP contribution in [0.25, 0.3) is 38.1 Å². The van der Waals surface area contributed by atoms with Gasteiger partial charge < -0.3 is 15.8 Å². The number of methoxy groups -OCH3 is 1. The van der Waals surface area contributed by atoms with Crippen molar-refractivity contribution in [3.05, 3.63) is 71.2 Å². The molecule has 3 heterocycles. The molecule has 0 saturated carbocycles. The van der Waals surface area contributed by atoms with Gasteiger partial charge in [0.05, 0.1) is 38.8 Å². The Morgan fingerprint density at radius 1 is 0.971 bits per heavy atom. The Balaban J connectivity index is 1.64. The number of aromatic nitrogens is 5. The van der Waals surface area contributed by atoms with Crippen LogP contribution in [0.5, 0.6) is 5.75 Å². The molecule has 168 valence electrons. The second-order valence-corrected chi connectivity index (χ2v) is 9.09. The summed E-state index contributed by atoms with van der Waals surface area (Å²) in [6, 6.07) is 19.9. The number of fused-ring (bicyclic) bond motifs is 4. The lowest BCUT2D eigenvalue weighted by molar-refractivity contribution is 0.419. The molecule has 0 unspecified atom stereocenters. The van der Waals surface area contributed by atoms with Gasteiger partial charge in [-0.25, -0.2) is 19.5 Å². The first-order valence-corrected chi connectivity index (χ1v) is 11.6. The molecule has 6 rings (SSSR count). The number of hydrogen-bond acceptors (Lipinski definition) is 8. The zero-order valence-corrected chi connectivity index (χ0v) is 19.4. The van der Waals surface area contributed by atoms with Gasteiger partial charge in [0, 0.05) is 12.6 Å². The van der Waals surface area contributed by atoms with Crippen LogP contribution >= 0.6 is 11.3 Å². The molecule has 0 atom stereocenters. The Labute approximate surface area is 199 Å². The van der Waals surface area contributed by atoms with E-state index in [1.54, 1.807) is 23.0 Å². The number of para-hydroxylation sites is 2. The van der Waals surface area contributed by atoms with E-state index < -0.39 is 0 Å². The molecule has 0 aliphatic heterocycles. The molecule has 0 saturated heterocycles. The van der Waals surface area contributed by atoms with Gasteiger partial charge in [-0.05, 0) is 24.6 Å². The third-order valence-electron chi connectivity index (χ3n) is 5.70.